The lowest BCUT2D eigenvalue weighted by Gasteiger charge is -2.44. The first-order valence-corrected chi connectivity index (χ1v) is 6.78. The lowest BCUT2D eigenvalue weighted by atomic mass is 9.97. The van der Waals surface area contributed by atoms with Crippen LogP contribution in [0.15, 0.2) is 0 Å². The zero-order chi connectivity index (χ0) is 15.9. The van der Waals surface area contributed by atoms with Gasteiger partial charge in [-0.15, -0.1) is 0 Å². The second-order valence-corrected chi connectivity index (χ2v) is 5.50. The summed E-state index contributed by atoms with van der Waals surface area (Å²) in [4.78, 5) is 0. The molecule has 2 fully saturated rings. The van der Waals surface area contributed by atoms with Crippen LogP contribution in [0.3, 0.4) is 0 Å². The molecule has 0 aliphatic carbocycles. The Morgan fingerprint density at radius 2 is 1.24 bits per heavy atom. The second-order valence-electron chi connectivity index (χ2n) is 5.50. The van der Waals surface area contributed by atoms with Crippen LogP contribution in [0.2, 0.25) is 0 Å². The first-order chi connectivity index (χ1) is 9.73. The summed E-state index contributed by atoms with van der Waals surface area (Å²) in [5.41, 5.74) is 0. The molecule has 1 unspecified atom stereocenters. The van der Waals surface area contributed by atoms with Gasteiger partial charge in [0.1, 0.15) is 36.6 Å². The highest BCUT2D eigenvalue weighted by atomic mass is 16.7. The number of aliphatic hydroxyl groups is 6. The highest BCUT2D eigenvalue weighted by molar-refractivity contribution is 4.92. The zero-order valence-electron chi connectivity index (χ0n) is 11.7. The minimum Gasteiger partial charge on any atom is -0.388 e. The number of aliphatic hydroxyl groups excluding tert-OH is 6. The van der Waals surface area contributed by atoms with Crippen molar-refractivity contribution in [3.05, 3.63) is 0 Å². The molecule has 0 spiro atoms. The monoisotopic (exact) mass is 310 g/mol. The molecule has 2 saturated heterocycles. The van der Waals surface area contributed by atoms with Crippen molar-refractivity contribution in [3.63, 3.8) is 0 Å². The van der Waals surface area contributed by atoms with E-state index in [1.165, 1.54) is 13.8 Å². The molecule has 0 aromatic carbocycles. The van der Waals surface area contributed by atoms with Gasteiger partial charge >= 0.3 is 0 Å². The second kappa shape index (κ2) is 6.41. The normalized spacial score (nSPS) is 55.4. The average molecular weight is 310 g/mol. The number of rotatable bonds is 2. The fourth-order valence-corrected chi connectivity index (χ4v) is 2.45. The summed E-state index contributed by atoms with van der Waals surface area (Å²) in [6.07, 6.45) is -13.0. The number of hydrogen-bond acceptors (Lipinski definition) is 9. The SMILES string of the molecule is C[C@@H]1O[C@@H](O[C@@H]2[C@H](O)[C@H](C)OC(O)[C@H]2O)[C@H](O)[C@H](O)[C@H]1O. The Morgan fingerprint density at radius 3 is 1.86 bits per heavy atom. The molecule has 9 heteroatoms. The van der Waals surface area contributed by atoms with E-state index < -0.39 is 61.4 Å². The van der Waals surface area contributed by atoms with Gasteiger partial charge in [0.05, 0.1) is 12.2 Å². The maximum atomic E-state index is 9.96. The van der Waals surface area contributed by atoms with Crippen molar-refractivity contribution in [2.24, 2.45) is 0 Å². The largest absolute Gasteiger partial charge is 0.388 e. The van der Waals surface area contributed by atoms with Gasteiger partial charge in [-0.3, -0.25) is 0 Å². The molecule has 6 N–H and O–H groups in total. The molecule has 0 aromatic rings. The van der Waals surface area contributed by atoms with E-state index in [1.807, 2.05) is 0 Å². The molecule has 10 atom stereocenters. The van der Waals surface area contributed by atoms with Crippen LogP contribution in [0, 0.1) is 0 Å². The maximum absolute atomic E-state index is 9.96. The van der Waals surface area contributed by atoms with Crippen LogP contribution in [0.5, 0.6) is 0 Å². The Balaban J connectivity index is 2.08. The van der Waals surface area contributed by atoms with E-state index in [2.05, 4.69) is 0 Å². The molecule has 21 heavy (non-hydrogen) atoms. The minimum atomic E-state index is -1.56. The van der Waals surface area contributed by atoms with E-state index in [9.17, 15) is 30.6 Å². The van der Waals surface area contributed by atoms with Crippen LogP contribution in [0.25, 0.3) is 0 Å². The highest BCUT2D eigenvalue weighted by Gasteiger charge is 2.48. The molecule has 124 valence electrons. The van der Waals surface area contributed by atoms with Crippen LogP contribution >= 0.6 is 0 Å². The molecule has 0 aromatic heterocycles. The third-order valence-electron chi connectivity index (χ3n) is 3.90. The van der Waals surface area contributed by atoms with E-state index in [1.54, 1.807) is 0 Å². The molecule has 0 saturated carbocycles. The first kappa shape index (κ1) is 17.0. The summed E-state index contributed by atoms with van der Waals surface area (Å²) in [6, 6.07) is 0. The van der Waals surface area contributed by atoms with Gasteiger partial charge in [0.15, 0.2) is 12.6 Å². The van der Waals surface area contributed by atoms with Crippen molar-refractivity contribution in [2.45, 2.75) is 75.3 Å². The Hall–Kier alpha value is -0.360. The quantitative estimate of drug-likeness (QED) is 0.308. The Kier molecular flexibility index (Phi) is 5.19. The van der Waals surface area contributed by atoms with Gasteiger partial charge in [0.2, 0.25) is 0 Å². The summed E-state index contributed by atoms with van der Waals surface area (Å²) in [7, 11) is 0. The first-order valence-electron chi connectivity index (χ1n) is 6.78. The van der Waals surface area contributed by atoms with Gasteiger partial charge < -0.3 is 44.8 Å². The van der Waals surface area contributed by atoms with Gasteiger partial charge in [0.25, 0.3) is 0 Å². The van der Waals surface area contributed by atoms with Crippen molar-refractivity contribution in [2.75, 3.05) is 0 Å². The van der Waals surface area contributed by atoms with Crippen molar-refractivity contribution < 1.29 is 44.8 Å². The molecular weight excluding hydrogens is 288 g/mol. The summed E-state index contributed by atoms with van der Waals surface area (Å²) < 4.78 is 15.4. The number of hydrogen-bond donors (Lipinski definition) is 6. The highest BCUT2D eigenvalue weighted by Crippen LogP contribution is 2.28. The molecule has 2 heterocycles. The fourth-order valence-electron chi connectivity index (χ4n) is 2.45. The molecule has 9 nitrogen and oxygen atoms in total. The maximum Gasteiger partial charge on any atom is 0.187 e. The molecule has 0 radical (unpaired) electrons. The van der Waals surface area contributed by atoms with Gasteiger partial charge in [-0.1, -0.05) is 0 Å². The van der Waals surface area contributed by atoms with E-state index in [4.69, 9.17) is 14.2 Å². The molecule has 2 rings (SSSR count). The Labute approximate surface area is 121 Å². The molecular formula is C12H22O9. The Morgan fingerprint density at radius 1 is 0.667 bits per heavy atom. The summed E-state index contributed by atoms with van der Waals surface area (Å²) in [5, 5.41) is 58.4. The third-order valence-corrected chi connectivity index (χ3v) is 3.90. The molecule has 2 aliphatic rings. The topological polar surface area (TPSA) is 149 Å². The van der Waals surface area contributed by atoms with Crippen molar-refractivity contribution in [1.29, 1.82) is 0 Å². The number of ether oxygens (including phenoxy) is 3. The standard InChI is InChI=1S/C12H22O9/c1-3-5(13)7(15)8(16)12(20-3)21-10-6(14)4(2)19-11(18)9(10)17/h3-18H,1-2H3/t3-,4-,5-,6+,7+,8+,9-,10+,11?,12-/m0/s1. The van der Waals surface area contributed by atoms with Crippen LogP contribution in [-0.4, -0.2) is 92.1 Å². The third kappa shape index (κ3) is 3.21. The van der Waals surface area contributed by atoms with Gasteiger partial charge in [0, 0.05) is 0 Å². The van der Waals surface area contributed by atoms with Crippen molar-refractivity contribution >= 4 is 0 Å². The lowest BCUT2D eigenvalue weighted by molar-refractivity contribution is -0.349. The van der Waals surface area contributed by atoms with E-state index in [-0.39, 0.29) is 0 Å². The predicted molar refractivity (Wildman–Crippen MR) is 65.8 cm³/mol. The molecule has 2 aliphatic heterocycles. The van der Waals surface area contributed by atoms with Gasteiger partial charge in [-0.2, -0.15) is 0 Å². The lowest BCUT2D eigenvalue weighted by Crippen LogP contribution is -2.63. The fraction of sp³-hybridized carbons (Fsp3) is 1.00. The van der Waals surface area contributed by atoms with E-state index >= 15 is 0 Å². The van der Waals surface area contributed by atoms with Gasteiger partial charge in [-0.25, -0.2) is 0 Å². The van der Waals surface area contributed by atoms with Crippen molar-refractivity contribution in [3.8, 4) is 0 Å². The molecule has 0 amide bonds. The van der Waals surface area contributed by atoms with Crippen molar-refractivity contribution in [1.82, 2.24) is 0 Å². The van der Waals surface area contributed by atoms with Crippen LogP contribution in [0.1, 0.15) is 13.8 Å². The Bertz CT molecular complexity index is 340. The molecule has 0 bridgehead atoms. The van der Waals surface area contributed by atoms with E-state index in [0.29, 0.717) is 0 Å². The predicted octanol–water partition coefficient (Wildman–Crippen LogP) is -3.34. The summed E-state index contributed by atoms with van der Waals surface area (Å²) in [5.74, 6) is 0. The van der Waals surface area contributed by atoms with Crippen LogP contribution < -0.4 is 0 Å². The zero-order valence-corrected chi connectivity index (χ0v) is 11.7. The summed E-state index contributed by atoms with van der Waals surface area (Å²) in [6.45, 7) is 2.96. The summed E-state index contributed by atoms with van der Waals surface area (Å²) >= 11 is 0. The van der Waals surface area contributed by atoms with Crippen LogP contribution in [-0.2, 0) is 14.2 Å². The van der Waals surface area contributed by atoms with Crippen LogP contribution in [0.4, 0.5) is 0 Å². The van der Waals surface area contributed by atoms with E-state index in [0.717, 1.165) is 0 Å². The van der Waals surface area contributed by atoms with Gasteiger partial charge in [-0.05, 0) is 13.8 Å². The smallest absolute Gasteiger partial charge is 0.187 e. The average Bonchev–Trinajstić information content (AvgIpc) is 2.44. The minimum absolute atomic E-state index is 0.804.